The van der Waals surface area contributed by atoms with E-state index < -0.39 is 21.9 Å². The van der Waals surface area contributed by atoms with Gasteiger partial charge in [0.1, 0.15) is 6.61 Å². The number of amides is 2. The molecule has 0 aromatic heterocycles. The molecule has 2 saturated heterocycles. The Balaban J connectivity index is 1.20. The maximum atomic E-state index is 14.7. The van der Waals surface area contributed by atoms with E-state index in [1.807, 2.05) is 29.0 Å². The van der Waals surface area contributed by atoms with E-state index >= 15 is 0 Å². The van der Waals surface area contributed by atoms with E-state index in [0.29, 0.717) is 26.9 Å². The Kier molecular flexibility index (Phi) is 8.01. The molecule has 3 aromatic rings. The van der Waals surface area contributed by atoms with Gasteiger partial charge in [-0.3, -0.25) is 9.59 Å². The number of carbonyl (C=O) groups excluding carboxylic acids is 2. The average molecular weight is 581 g/mol. The minimum absolute atomic E-state index is 0.0444. The molecule has 2 fully saturated rings. The quantitative estimate of drug-likeness (QED) is 0.389. The third-order valence-electron chi connectivity index (χ3n) is 6.16. The molecule has 0 spiro atoms. The smallest absolute Gasteiger partial charge is 0.304 e. The first-order valence-electron chi connectivity index (χ1n) is 12.4. The summed E-state index contributed by atoms with van der Waals surface area (Å²) in [5.74, 6) is -1.32. The molecule has 0 unspecified atom stereocenters. The zero-order valence-electron chi connectivity index (χ0n) is 21.4. The average Bonchev–Trinajstić information content (AvgIpc) is 3.40. The van der Waals surface area contributed by atoms with Gasteiger partial charge in [0.05, 0.1) is 17.1 Å². The van der Waals surface area contributed by atoms with Gasteiger partial charge >= 0.3 is 10.2 Å². The first kappa shape index (κ1) is 27.6. The van der Waals surface area contributed by atoms with E-state index in [2.05, 4.69) is 17.2 Å². The third kappa shape index (κ3) is 6.58. The highest BCUT2D eigenvalue weighted by molar-refractivity contribution is 8.18. The number of aliphatic imine (C=N–C) groups is 1. The summed E-state index contributed by atoms with van der Waals surface area (Å²) in [5, 5.41) is 3.05. The number of thioether (sulfide) groups is 1. The van der Waals surface area contributed by atoms with Crippen molar-refractivity contribution in [2.75, 3.05) is 6.54 Å². The van der Waals surface area contributed by atoms with E-state index in [1.54, 1.807) is 36.4 Å². The third-order valence-corrected chi connectivity index (χ3v) is 8.49. The van der Waals surface area contributed by atoms with Crippen molar-refractivity contribution in [2.24, 2.45) is 4.99 Å². The normalized spacial score (nSPS) is 18.8. The number of aryl methyl sites for hydroxylation is 1. The fraction of sp³-hybridized carbons (Fsp3) is 0.179. The highest BCUT2D eigenvalue weighted by Gasteiger charge is 2.33. The number of carbonyl (C=O) groups is 2. The molecule has 40 heavy (non-hydrogen) atoms. The van der Waals surface area contributed by atoms with Crippen molar-refractivity contribution in [3.63, 3.8) is 0 Å². The molecular formula is C28H25FN4O5S2. The zero-order chi connectivity index (χ0) is 28.3. The van der Waals surface area contributed by atoms with Crippen LogP contribution in [0.25, 0.3) is 6.08 Å². The Bertz CT molecular complexity index is 1620. The Labute approximate surface area is 235 Å². The summed E-state index contributed by atoms with van der Waals surface area (Å²) in [6, 6.07) is 19.2. The molecular weight excluding hydrogens is 555 g/mol. The van der Waals surface area contributed by atoms with Crippen LogP contribution >= 0.6 is 11.8 Å². The number of halogens is 1. The van der Waals surface area contributed by atoms with Crippen LogP contribution in [0.4, 0.5) is 10.1 Å². The topological polar surface area (TPSA) is 117 Å². The summed E-state index contributed by atoms with van der Waals surface area (Å²) < 4.78 is 47.1. The van der Waals surface area contributed by atoms with Crippen molar-refractivity contribution in [1.29, 1.82) is 0 Å². The molecule has 0 bridgehead atoms. The number of nitrogens with zero attached hydrogens (tertiary/aromatic N) is 2. The highest BCUT2D eigenvalue weighted by Crippen LogP contribution is 2.29. The summed E-state index contributed by atoms with van der Waals surface area (Å²) in [6.07, 6.45) is 2.52. The fourth-order valence-electron chi connectivity index (χ4n) is 4.01. The van der Waals surface area contributed by atoms with E-state index in [9.17, 15) is 22.4 Å². The number of rotatable bonds is 8. The molecule has 2 aliphatic rings. The number of hydrogen-bond donors (Lipinski definition) is 2. The van der Waals surface area contributed by atoms with E-state index in [0.717, 1.165) is 28.1 Å². The Morgan fingerprint density at radius 2 is 1.73 bits per heavy atom. The summed E-state index contributed by atoms with van der Waals surface area (Å²) in [5.41, 5.74) is 3.89. The lowest BCUT2D eigenvalue weighted by Gasteiger charge is -2.12. The van der Waals surface area contributed by atoms with Gasteiger partial charge in [-0.25, -0.2) is 14.1 Å². The second-order valence-corrected chi connectivity index (χ2v) is 11.8. The monoisotopic (exact) mass is 580 g/mol. The molecule has 2 N–H and O–H groups in total. The Hall–Kier alpha value is -4.00. The molecule has 0 saturated carbocycles. The molecule has 0 aliphatic carbocycles. The lowest BCUT2D eigenvalue weighted by atomic mass is 10.1. The highest BCUT2D eigenvalue weighted by atomic mass is 32.2. The van der Waals surface area contributed by atoms with Crippen molar-refractivity contribution in [3.05, 3.63) is 99.7 Å². The van der Waals surface area contributed by atoms with Crippen molar-refractivity contribution >= 4 is 50.7 Å². The van der Waals surface area contributed by atoms with Gasteiger partial charge < -0.3 is 10.1 Å². The summed E-state index contributed by atoms with van der Waals surface area (Å²) >= 11 is 1.12. The molecule has 9 nitrogen and oxygen atoms in total. The maximum absolute atomic E-state index is 14.7. The lowest BCUT2D eigenvalue weighted by molar-refractivity contribution is -0.118. The molecule has 0 radical (unpaired) electrons. The molecule has 206 valence electrons. The van der Waals surface area contributed by atoms with Crippen LogP contribution in [0, 0.1) is 5.82 Å². The van der Waals surface area contributed by atoms with Gasteiger partial charge in [0.2, 0.25) is 5.91 Å². The first-order chi connectivity index (χ1) is 19.2. The van der Waals surface area contributed by atoms with Crippen LogP contribution in [0.15, 0.2) is 76.6 Å². The standard InChI is InChI=1S/C28H25FN4O5S2/c1-2-18-3-5-20(6-4-18)17-38-24-12-9-21(13-23(24)29)14-25-27(35)31-28(39-25)30-22-10-7-19(8-11-22)15-33-16-26(34)32-40(33,36)37/h3-14H,2,15-17H2,1H3,(H,32,34)(H,30,31,35). The number of benzene rings is 3. The van der Waals surface area contributed by atoms with E-state index in [-0.39, 0.29) is 31.4 Å². The van der Waals surface area contributed by atoms with Gasteiger partial charge in [-0.2, -0.15) is 12.7 Å². The Morgan fingerprint density at radius 3 is 2.38 bits per heavy atom. The minimum atomic E-state index is -3.80. The number of hydrogen-bond acceptors (Lipinski definition) is 7. The van der Waals surface area contributed by atoms with Crippen LogP contribution in [0.1, 0.15) is 29.2 Å². The fourth-order valence-corrected chi connectivity index (χ4v) is 5.94. The second-order valence-electron chi connectivity index (χ2n) is 9.10. The predicted octanol–water partition coefficient (Wildman–Crippen LogP) is 4.04. The molecule has 2 aliphatic heterocycles. The first-order valence-corrected chi connectivity index (χ1v) is 14.6. The van der Waals surface area contributed by atoms with Crippen LogP contribution in [0.3, 0.4) is 0 Å². The molecule has 3 aromatic carbocycles. The molecule has 5 rings (SSSR count). The van der Waals surface area contributed by atoms with Crippen molar-refractivity contribution in [3.8, 4) is 5.75 Å². The summed E-state index contributed by atoms with van der Waals surface area (Å²) in [4.78, 5) is 28.6. The van der Waals surface area contributed by atoms with Crippen LogP contribution in [0.5, 0.6) is 5.75 Å². The molecule has 0 atom stereocenters. The molecule has 2 heterocycles. The van der Waals surface area contributed by atoms with Gasteiger partial charge in [0, 0.05) is 6.54 Å². The summed E-state index contributed by atoms with van der Waals surface area (Å²) in [6.45, 7) is 2.14. The van der Waals surface area contributed by atoms with Crippen LogP contribution in [-0.2, 0) is 39.4 Å². The lowest BCUT2D eigenvalue weighted by Crippen LogP contribution is -2.29. The SMILES string of the molecule is CCc1ccc(COc2ccc(C=C3SC(=Nc4ccc(CN5CC(=O)NS5(=O)=O)cc4)NC3=O)cc2F)cc1. The maximum Gasteiger partial charge on any atom is 0.304 e. The van der Waals surface area contributed by atoms with Gasteiger partial charge in [0.25, 0.3) is 5.91 Å². The largest absolute Gasteiger partial charge is 0.486 e. The van der Waals surface area contributed by atoms with Gasteiger partial charge in [-0.05, 0) is 70.8 Å². The molecule has 12 heteroatoms. The number of amidine groups is 1. The molecule has 2 amide bonds. The van der Waals surface area contributed by atoms with E-state index in [4.69, 9.17) is 4.74 Å². The Morgan fingerprint density at radius 1 is 1.02 bits per heavy atom. The summed E-state index contributed by atoms with van der Waals surface area (Å²) in [7, 11) is -3.80. The second kappa shape index (κ2) is 11.6. The van der Waals surface area contributed by atoms with Crippen LogP contribution in [0.2, 0.25) is 0 Å². The van der Waals surface area contributed by atoms with Crippen LogP contribution < -0.4 is 14.8 Å². The van der Waals surface area contributed by atoms with E-state index in [1.165, 1.54) is 17.7 Å². The minimum Gasteiger partial charge on any atom is -0.486 e. The van der Waals surface area contributed by atoms with Crippen LogP contribution in [-0.4, -0.2) is 36.2 Å². The van der Waals surface area contributed by atoms with Gasteiger partial charge in [-0.15, -0.1) is 0 Å². The number of ether oxygens (including phenoxy) is 1. The van der Waals surface area contributed by atoms with Crippen molar-refractivity contribution in [2.45, 2.75) is 26.5 Å². The van der Waals surface area contributed by atoms with Crippen molar-refractivity contribution < 1.29 is 27.1 Å². The zero-order valence-corrected chi connectivity index (χ0v) is 23.0. The number of nitrogens with one attached hydrogen (secondary N) is 2. The predicted molar refractivity (Wildman–Crippen MR) is 151 cm³/mol. The van der Waals surface area contributed by atoms with Gasteiger partial charge in [0.15, 0.2) is 16.7 Å². The van der Waals surface area contributed by atoms with Crippen molar-refractivity contribution in [1.82, 2.24) is 14.3 Å². The van der Waals surface area contributed by atoms with Gasteiger partial charge in [-0.1, -0.05) is 49.4 Å².